The fourth-order valence-corrected chi connectivity index (χ4v) is 4.34. The van der Waals surface area contributed by atoms with Crippen molar-refractivity contribution in [2.45, 2.75) is 38.0 Å². The number of thiophene rings is 1. The Morgan fingerprint density at radius 2 is 2.10 bits per heavy atom. The molecule has 2 N–H and O–H groups in total. The summed E-state index contributed by atoms with van der Waals surface area (Å²) in [5, 5.41) is 9.14. The predicted molar refractivity (Wildman–Crippen MR) is 80.4 cm³/mol. The Hall–Kier alpha value is -0.470. The van der Waals surface area contributed by atoms with Crippen molar-refractivity contribution in [1.82, 2.24) is 4.72 Å². The summed E-state index contributed by atoms with van der Waals surface area (Å²) in [6, 6.07) is 1.60. The van der Waals surface area contributed by atoms with Crippen molar-refractivity contribution in [1.29, 1.82) is 0 Å². The van der Waals surface area contributed by atoms with E-state index in [2.05, 4.69) is 4.72 Å². The van der Waals surface area contributed by atoms with Gasteiger partial charge in [0.25, 0.3) is 0 Å². The molecular weight excluding hydrogens is 298 g/mol. The highest BCUT2D eigenvalue weighted by Crippen LogP contribution is 2.27. The maximum absolute atomic E-state index is 12.2. The van der Waals surface area contributed by atoms with Gasteiger partial charge in [-0.15, -0.1) is 11.3 Å². The topological polar surface area (TPSA) is 75.6 Å². The highest BCUT2D eigenvalue weighted by Gasteiger charge is 2.24. The molecule has 0 amide bonds. The summed E-state index contributed by atoms with van der Waals surface area (Å²) >= 11 is 1.11. The van der Waals surface area contributed by atoms with E-state index < -0.39 is 10.0 Å². The Morgan fingerprint density at radius 1 is 1.45 bits per heavy atom. The van der Waals surface area contributed by atoms with E-state index in [1.54, 1.807) is 20.1 Å². The minimum atomic E-state index is -3.51. The second-order valence-corrected chi connectivity index (χ2v) is 8.69. The zero-order chi connectivity index (χ0) is 15.4. The molecule has 116 valence electrons. The van der Waals surface area contributed by atoms with E-state index >= 15 is 0 Å². The van der Waals surface area contributed by atoms with Gasteiger partial charge in [0.2, 0.25) is 10.0 Å². The Morgan fingerprint density at radius 3 is 2.60 bits per heavy atom. The number of hydrogen-bond donors (Lipinski definition) is 2. The lowest BCUT2D eigenvalue weighted by Crippen LogP contribution is -2.34. The van der Waals surface area contributed by atoms with Gasteiger partial charge < -0.3 is 9.84 Å². The third kappa shape index (κ3) is 4.82. The number of aliphatic hydroxyl groups is 1. The van der Waals surface area contributed by atoms with Crippen LogP contribution >= 0.6 is 11.3 Å². The zero-order valence-electron chi connectivity index (χ0n) is 12.4. The molecule has 20 heavy (non-hydrogen) atoms. The Labute approximate surface area is 125 Å². The van der Waals surface area contributed by atoms with Crippen LogP contribution in [-0.4, -0.2) is 33.8 Å². The number of aryl methyl sites for hydroxylation is 1. The fourth-order valence-electron chi connectivity index (χ4n) is 1.61. The lowest BCUT2D eigenvalue weighted by Gasteiger charge is -2.24. The lowest BCUT2D eigenvalue weighted by molar-refractivity contribution is 0.153. The maximum Gasteiger partial charge on any atom is 0.250 e. The molecule has 5 nitrogen and oxygen atoms in total. The van der Waals surface area contributed by atoms with Crippen molar-refractivity contribution in [3.05, 3.63) is 16.5 Å². The molecule has 0 saturated carbocycles. The molecule has 0 saturated heterocycles. The average molecular weight is 321 g/mol. The smallest absolute Gasteiger partial charge is 0.250 e. The predicted octanol–water partition coefficient (Wildman–Crippen LogP) is 1.89. The van der Waals surface area contributed by atoms with Crippen molar-refractivity contribution < 1.29 is 18.3 Å². The van der Waals surface area contributed by atoms with Crippen LogP contribution in [0, 0.1) is 12.3 Å². The van der Waals surface area contributed by atoms with Gasteiger partial charge in [-0.1, -0.05) is 13.8 Å². The number of hydrogen-bond acceptors (Lipinski definition) is 5. The molecule has 0 aliphatic carbocycles. The van der Waals surface area contributed by atoms with Gasteiger partial charge >= 0.3 is 0 Å². The second kappa shape index (κ2) is 7.00. The van der Waals surface area contributed by atoms with Gasteiger partial charge in [0, 0.05) is 25.1 Å². The summed E-state index contributed by atoms with van der Waals surface area (Å²) in [5.74, 6) is 0. The molecule has 1 aromatic heterocycles. The van der Waals surface area contributed by atoms with Crippen LogP contribution in [0.5, 0.6) is 0 Å². The van der Waals surface area contributed by atoms with Crippen LogP contribution in [0.3, 0.4) is 0 Å². The van der Waals surface area contributed by atoms with Crippen LogP contribution in [0.25, 0.3) is 0 Å². The van der Waals surface area contributed by atoms with Gasteiger partial charge in [-0.2, -0.15) is 0 Å². The van der Waals surface area contributed by atoms with Crippen molar-refractivity contribution in [2.75, 3.05) is 20.3 Å². The Bertz CT molecular complexity index is 535. The van der Waals surface area contributed by atoms with Crippen molar-refractivity contribution in [3.8, 4) is 0 Å². The van der Waals surface area contributed by atoms with E-state index in [1.807, 2.05) is 13.8 Å². The molecule has 1 rings (SSSR count). The van der Waals surface area contributed by atoms with E-state index in [-0.39, 0.29) is 16.2 Å². The summed E-state index contributed by atoms with van der Waals surface area (Å²) in [7, 11) is -1.88. The number of methoxy groups -OCH3 is 1. The summed E-state index contributed by atoms with van der Waals surface area (Å²) in [5.41, 5.74) is 0.631. The zero-order valence-corrected chi connectivity index (χ0v) is 14.0. The molecule has 0 unspecified atom stereocenters. The molecule has 0 aliphatic heterocycles. The number of ether oxygens (including phenoxy) is 1. The fraction of sp³-hybridized carbons (Fsp3) is 0.692. The molecule has 0 bridgehead atoms. The van der Waals surface area contributed by atoms with Crippen LogP contribution in [0.1, 0.15) is 30.7 Å². The largest absolute Gasteiger partial charge is 0.391 e. The van der Waals surface area contributed by atoms with Gasteiger partial charge in [-0.25, -0.2) is 13.1 Å². The van der Waals surface area contributed by atoms with E-state index in [0.717, 1.165) is 23.3 Å². The quantitative estimate of drug-likeness (QED) is 0.767. The maximum atomic E-state index is 12.2. The molecule has 0 aromatic carbocycles. The van der Waals surface area contributed by atoms with E-state index in [9.17, 15) is 8.42 Å². The van der Waals surface area contributed by atoms with Crippen molar-refractivity contribution in [3.63, 3.8) is 0 Å². The minimum absolute atomic E-state index is 0.134. The molecule has 1 heterocycles. The number of rotatable bonds is 8. The van der Waals surface area contributed by atoms with Crippen LogP contribution in [-0.2, 0) is 21.4 Å². The first-order chi connectivity index (χ1) is 9.22. The lowest BCUT2D eigenvalue weighted by atomic mass is 9.90. The van der Waals surface area contributed by atoms with Gasteiger partial charge in [0.1, 0.15) is 4.21 Å². The van der Waals surface area contributed by atoms with Gasteiger partial charge in [0.05, 0.1) is 6.61 Å². The first-order valence-electron chi connectivity index (χ1n) is 6.40. The molecule has 0 aliphatic rings. The highest BCUT2D eigenvalue weighted by atomic mass is 32.2. The van der Waals surface area contributed by atoms with E-state index in [1.165, 1.54) is 0 Å². The highest BCUT2D eigenvalue weighted by molar-refractivity contribution is 7.91. The molecule has 0 spiro atoms. The van der Waals surface area contributed by atoms with Crippen molar-refractivity contribution >= 4 is 21.4 Å². The van der Waals surface area contributed by atoms with Crippen LogP contribution in [0.2, 0.25) is 0 Å². The second-order valence-electron chi connectivity index (χ2n) is 5.56. The SMILES string of the molecule is COCCC(C)(C)CNS(=O)(=O)c1cc(C)c(CO)s1. The first kappa shape index (κ1) is 17.6. The summed E-state index contributed by atoms with van der Waals surface area (Å²) in [4.78, 5) is 0.684. The Kier molecular flexibility index (Phi) is 6.15. The van der Waals surface area contributed by atoms with Crippen LogP contribution in [0.4, 0.5) is 0 Å². The molecule has 0 atom stereocenters. The standard InChI is InChI=1S/C13H23NO4S2/c1-10-7-12(19-11(10)8-15)20(16,17)14-9-13(2,3)5-6-18-4/h7,14-15H,5-6,8-9H2,1-4H3. The number of aliphatic hydroxyl groups excluding tert-OH is 1. The van der Waals surface area contributed by atoms with Gasteiger partial charge in [-0.05, 0) is 30.4 Å². The summed E-state index contributed by atoms with van der Waals surface area (Å²) < 4.78 is 32.4. The molecule has 0 fully saturated rings. The van der Waals surface area contributed by atoms with Gasteiger partial charge in [0.15, 0.2) is 0 Å². The molecular formula is C13H23NO4S2. The van der Waals surface area contributed by atoms with E-state index in [4.69, 9.17) is 9.84 Å². The monoisotopic (exact) mass is 321 g/mol. The number of nitrogens with one attached hydrogen (secondary N) is 1. The summed E-state index contributed by atoms with van der Waals surface area (Å²) in [6.45, 7) is 6.60. The van der Waals surface area contributed by atoms with Crippen LogP contribution in [0.15, 0.2) is 10.3 Å². The summed E-state index contributed by atoms with van der Waals surface area (Å²) in [6.07, 6.45) is 0.775. The first-order valence-corrected chi connectivity index (χ1v) is 8.70. The third-order valence-corrected chi connectivity index (χ3v) is 6.23. The normalized spacial score (nSPS) is 12.8. The van der Waals surface area contributed by atoms with Gasteiger partial charge in [-0.3, -0.25) is 0 Å². The molecule has 0 radical (unpaired) electrons. The minimum Gasteiger partial charge on any atom is -0.391 e. The molecule has 1 aromatic rings. The Balaban J connectivity index is 2.74. The number of sulfonamides is 1. The third-order valence-electron chi connectivity index (χ3n) is 3.13. The van der Waals surface area contributed by atoms with Crippen molar-refractivity contribution in [2.24, 2.45) is 5.41 Å². The van der Waals surface area contributed by atoms with Crippen LogP contribution < -0.4 is 4.72 Å². The average Bonchev–Trinajstić information content (AvgIpc) is 2.76. The van der Waals surface area contributed by atoms with E-state index in [0.29, 0.717) is 18.0 Å². The molecule has 7 heteroatoms.